The molecule has 0 saturated heterocycles. The lowest BCUT2D eigenvalue weighted by molar-refractivity contribution is 0.0904. The molecule has 0 spiro atoms. The summed E-state index contributed by atoms with van der Waals surface area (Å²) in [5.74, 6) is 0. The van der Waals surface area contributed by atoms with Crippen molar-refractivity contribution < 1.29 is 9.84 Å². The molecule has 0 bridgehead atoms. The molecule has 17 heavy (non-hydrogen) atoms. The molecular formula is C13H20BrNO2. The molecule has 96 valence electrons. The molecule has 2 N–H and O–H groups in total. The van der Waals surface area contributed by atoms with Gasteiger partial charge < -0.3 is 15.2 Å². The van der Waals surface area contributed by atoms with Crippen molar-refractivity contribution in [3.05, 3.63) is 34.3 Å². The molecule has 0 aliphatic heterocycles. The van der Waals surface area contributed by atoms with Crippen molar-refractivity contribution in [2.75, 3.05) is 26.4 Å². The second-order valence-electron chi connectivity index (χ2n) is 3.92. The topological polar surface area (TPSA) is 41.5 Å². The number of ether oxygens (including phenoxy) is 1. The average Bonchev–Trinajstić information content (AvgIpc) is 2.33. The highest BCUT2D eigenvalue weighted by atomic mass is 79.9. The minimum atomic E-state index is 0.0991. The third-order valence-corrected chi connectivity index (χ3v) is 2.99. The maximum Gasteiger partial charge on any atom is 0.0697 e. The van der Waals surface area contributed by atoms with Crippen LogP contribution in [0.3, 0.4) is 0 Å². The predicted octanol–water partition coefficient (Wildman–Crippen LogP) is 2.50. The van der Waals surface area contributed by atoms with Crippen molar-refractivity contribution in [3.8, 4) is 0 Å². The monoisotopic (exact) mass is 301 g/mol. The first kappa shape index (κ1) is 14.6. The number of halogens is 1. The van der Waals surface area contributed by atoms with E-state index in [-0.39, 0.29) is 6.61 Å². The number of nitrogens with one attached hydrogen (secondary N) is 1. The lowest BCUT2D eigenvalue weighted by atomic mass is 10.1. The highest BCUT2D eigenvalue weighted by Gasteiger charge is 2.04. The van der Waals surface area contributed by atoms with Crippen LogP contribution >= 0.6 is 15.9 Å². The van der Waals surface area contributed by atoms with Crippen LogP contribution in [0.2, 0.25) is 0 Å². The Morgan fingerprint density at radius 1 is 1.41 bits per heavy atom. The zero-order chi connectivity index (χ0) is 12.5. The molecule has 1 aromatic rings. The van der Waals surface area contributed by atoms with Crippen molar-refractivity contribution in [1.82, 2.24) is 5.32 Å². The third-order valence-electron chi connectivity index (χ3n) is 2.50. The van der Waals surface area contributed by atoms with E-state index in [1.165, 1.54) is 5.56 Å². The van der Waals surface area contributed by atoms with Crippen LogP contribution in [0.5, 0.6) is 0 Å². The lowest BCUT2D eigenvalue weighted by Crippen LogP contribution is -2.21. The Bertz CT molecular complexity index is 320. The summed E-state index contributed by atoms with van der Waals surface area (Å²) in [6.07, 6.45) is 0.957. The largest absolute Gasteiger partial charge is 0.394 e. The molecule has 1 rings (SSSR count). The minimum Gasteiger partial charge on any atom is -0.394 e. The Labute approximate surface area is 111 Å². The number of hydrogen-bond donors (Lipinski definition) is 2. The Hall–Kier alpha value is -0.420. The van der Waals surface area contributed by atoms with Gasteiger partial charge in [-0.2, -0.15) is 0 Å². The van der Waals surface area contributed by atoms with Crippen molar-refractivity contribution >= 4 is 15.9 Å². The molecule has 0 aromatic heterocycles. The van der Waals surface area contributed by atoms with E-state index >= 15 is 0 Å². The van der Waals surface area contributed by atoms with E-state index in [0.29, 0.717) is 19.3 Å². The smallest absolute Gasteiger partial charge is 0.0697 e. The first-order valence-electron chi connectivity index (χ1n) is 5.91. The maximum atomic E-state index is 8.54. The SMILES string of the molecule is CC(NCCCOCCO)c1cccc(Br)c1. The molecule has 0 aliphatic carbocycles. The number of aliphatic hydroxyl groups is 1. The van der Waals surface area contributed by atoms with Crippen LogP contribution in [-0.2, 0) is 4.74 Å². The van der Waals surface area contributed by atoms with Crippen molar-refractivity contribution in [1.29, 1.82) is 0 Å². The summed E-state index contributed by atoms with van der Waals surface area (Å²) in [6.45, 7) is 4.29. The van der Waals surface area contributed by atoms with Gasteiger partial charge in [-0.25, -0.2) is 0 Å². The summed E-state index contributed by atoms with van der Waals surface area (Å²) in [6, 6.07) is 8.65. The van der Waals surface area contributed by atoms with Crippen molar-refractivity contribution in [2.45, 2.75) is 19.4 Å². The van der Waals surface area contributed by atoms with E-state index in [2.05, 4.69) is 40.3 Å². The van der Waals surface area contributed by atoms with Gasteiger partial charge in [-0.05, 0) is 37.6 Å². The average molecular weight is 302 g/mol. The Balaban J connectivity index is 2.19. The Kier molecular flexibility index (Phi) is 7.44. The number of rotatable bonds is 8. The van der Waals surface area contributed by atoms with Gasteiger partial charge in [0.1, 0.15) is 0 Å². The molecule has 0 aliphatic rings. The molecule has 0 radical (unpaired) electrons. The summed E-state index contributed by atoms with van der Waals surface area (Å²) in [4.78, 5) is 0. The highest BCUT2D eigenvalue weighted by Crippen LogP contribution is 2.17. The first-order valence-corrected chi connectivity index (χ1v) is 6.71. The van der Waals surface area contributed by atoms with Crippen LogP contribution in [0.4, 0.5) is 0 Å². The van der Waals surface area contributed by atoms with Gasteiger partial charge in [0.2, 0.25) is 0 Å². The summed E-state index contributed by atoms with van der Waals surface area (Å²) >= 11 is 3.47. The number of benzene rings is 1. The number of aliphatic hydroxyl groups excluding tert-OH is 1. The van der Waals surface area contributed by atoms with Gasteiger partial charge >= 0.3 is 0 Å². The normalized spacial score (nSPS) is 12.6. The zero-order valence-electron chi connectivity index (χ0n) is 10.2. The van der Waals surface area contributed by atoms with E-state index in [1.807, 2.05) is 12.1 Å². The summed E-state index contributed by atoms with van der Waals surface area (Å²) in [5.41, 5.74) is 1.27. The van der Waals surface area contributed by atoms with Gasteiger partial charge in [-0.1, -0.05) is 28.1 Å². The summed E-state index contributed by atoms with van der Waals surface area (Å²) in [5, 5.41) is 12.0. The molecule has 1 atom stereocenters. The quantitative estimate of drug-likeness (QED) is 0.725. The van der Waals surface area contributed by atoms with E-state index in [1.54, 1.807) is 0 Å². The van der Waals surface area contributed by atoms with Gasteiger partial charge in [0.15, 0.2) is 0 Å². The Morgan fingerprint density at radius 3 is 2.94 bits per heavy atom. The Morgan fingerprint density at radius 2 is 2.24 bits per heavy atom. The van der Waals surface area contributed by atoms with Crippen molar-refractivity contribution in [3.63, 3.8) is 0 Å². The molecule has 0 fully saturated rings. The van der Waals surface area contributed by atoms with Crippen LogP contribution < -0.4 is 5.32 Å². The lowest BCUT2D eigenvalue weighted by Gasteiger charge is -2.14. The highest BCUT2D eigenvalue weighted by molar-refractivity contribution is 9.10. The van der Waals surface area contributed by atoms with Gasteiger partial charge in [-0.3, -0.25) is 0 Å². The fraction of sp³-hybridized carbons (Fsp3) is 0.538. The predicted molar refractivity (Wildman–Crippen MR) is 73.1 cm³/mol. The van der Waals surface area contributed by atoms with Crippen LogP contribution in [0.1, 0.15) is 24.9 Å². The van der Waals surface area contributed by atoms with E-state index in [4.69, 9.17) is 9.84 Å². The molecule has 3 nitrogen and oxygen atoms in total. The fourth-order valence-electron chi connectivity index (χ4n) is 1.55. The van der Waals surface area contributed by atoms with Crippen LogP contribution in [0.25, 0.3) is 0 Å². The molecule has 1 aromatic carbocycles. The van der Waals surface area contributed by atoms with E-state index in [0.717, 1.165) is 17.4 Å². The van der Waals surface area contributed by atoms with Gasteiger partial charge in [-0.15, -0.1) is 0 Å². The summed E-state index contributed by atoms with van der Waals surface area (Å²) in [7, 11) is 0. The van der Waals surface area contributed by atoms with Gasteiger partial charge in [0.25, 0.3) is 0 Å². The van der Waals surface area contributed by atoms with Crippen LogP contribution in [0.15, 0.2) is 28.7 Å². The molecule has 0 amide bonds. The van der Waals surface area contributed by atoms with E-state index < -0.39 is 0 Å². The zero-order valence-corrected chi connectivity index (χ0v) is 11.7. The fourth-order valence-corrected chi connectivity index (χ4v) is 1.97. The van der Waals surface area contributed by atoms with E-state index in [9.17, 15) is 0 Å². The summed E-state index contributed by atoms with van der Waals surface area (Å²) < 4.78 is 6.30. The van der Waals surface area contributed by atoms with Crippen molar-refractivity contribution in [2.24, 2.45) is 0 Å². The standard InChI is InChI=1S/C13H20BrNO2/c1-11(12-4-2-5-13(14)10-12)15-6-3-8-17-9-7-16/h2,4-5,10-11,15-16H,3,6-9H2,1H3. The maximum absolute atomic E-state index is 8.54. The second-order valence-corrected chi connectivity index (χ2v) is 4.84. The van der Waals surface area contributed by atoms with Crippen LogP contribution in [0, 0.1) is 0 Å². The van der Waals surface area contributed by atoms with Crippen LogP contribution in [-0.4, -0.2) is 31.5 Å². The molecule has 1 unspecified atom stereocenters. The molecule has 4 heteroatoms. The van der Waals surface area contributed by atoms with Gasteiger partial charge in [0.05, 0.1) is 13.2 Å². The molecular weight excluding hydrogens is 282 g/mol. The number of hydrogen-bond acceptors (Lipinski definition) is 3. The second kappa shape index (κ2) is 8.64. The van der Waals surface area contributed by atoms with Gasteiger partial charge in [0, 0.05) is 17.1 Å². The molecule has 0 heterocycles. The minimum absolute atomic E-state index is 0.0991. The third kappa shape index (κ3) is 6.17. The first-order chi connectivity index (χ1) is 8.24. The molecule has 0 saturated carbocycles.